The lowest BCUT2D eigenvalue weighted by molar-refractivity contribution is -0.138. The zero-order valence-electron chi connectivity index (χ0n) is 11.1. The molecule has 1 heterocycles. The SMILES string of the molecule is COC(=O)C1=C(O)CCCN1C(=O)OC(C)(C)C. The molecule has 0 aromatic rings. The fraction of sp³-hybridized carbons (Fsp3) is 0.667. The first-order valence-electron chi connectivity index (χ1n) is 5.77. The first-order valence-corrected chi connectivity index (χ1v) is 5.77. The molecule has 0 aromatic heterocycles. The lowest BCUT2D eigenvalue weighted by Crippen LogP contribution is -2.41. The number of ether oxygens (including phenoxy) is 2. The van der Waals surface area contributed by atoms with Crippen molar-refractivity contribution in [1.29, 1.82) is 0 Å². The van der Waals surface area contributed by atoms with Crippen molar-refractivity contribution in [3.05, 3.63) is 11.5 Å². The number of rotatable bonds is 1. The Bertz CT molecular complexity index is 380. The number of allylic oxidation sites excluding steroid dienone is 1. The van der Waals surface area contributed by atoms with Gasteiger partial charge in [-0.15, -0.1) is 0 Å². The minimum atomic E-state index is -0.738. The first-order chi connectivity index (χ1) is 8.26. The van der Waals surface area contributed by atoms with E-state index in [0.29, 0.717) is 19.4 Å². The zero-order valence-corrected chi connectivity index (χ0v) is 11.1. The Labute approximate surface area is 106 Å². The van der Waals surface area contributed by atoms with Gasteiger partial charge in [0.2, 0.25) is 0 Å². The van der Waals surface area contributed by atoms with Gasteiger partial charge in [-0.2, -0.15) is 0 Å². The molecule has 1 amide bonds. The second-order valence-corrected chi connectivity index (χ2v) is 5.02. The van der Waals surface area contributed by atoms with Gasteiger partial charge in [0.25, 0.3) is 0 Å². The fourth-order valence-electron chi connectivity index (χ4n) is 1.61. The maximum Gasteiger partial charge on any atom is 0.415 e. The van der Waals surface area contributed by atoms with E-state index in [2.05, 4.69) is 4.74 Å². The van der Waals surface area contributed by atoms with Crippen molar-refractivity contribution in [2.75, 3.05) is 13.7 Å². The molecule has 1 rings (SSSR count). The molecule has 102 valence electrons. The molecule has 1 N–H and O–H groups in total. The summed E-state index contributed by atoms with van der Waals surface area (Å²) in [7, 11) is 1.20. The number of aliphatic hydroxyl groups excluding tert-OH is 1. The topological polar surface area (TPSA) is 76.1 Å². The van der Waals surface area contributed by atoms with Crippen LogP contribution in [-0.2, 0) is 14.3 Å². The third-order valence-electron chi connectivity index (χ3n) is 2.33. The molecule has 6 heteroatoms. The second kappa shape index (κ2) is 5.29. The van der Waals surface area contributed by atoms with Gasteiger partial charge in [0, 0.05) is 13.0 Å². The van der Waals surface area contributed by atoms with E-state index >= 15 is 0 Å². The number of amides is 1. The predicted octanol–water partition coefficient (Wildman–Crippen LogP) is 1.96. The van der Waals surface area contributed by atoms with Gasteiger partial charge in [-0.25, -0.2) is 9.59 Å². The molecule has 1 aliphatic heterocycles. The van der Waals surface area contributed by atoms with E-state index in [0.717, 1.165) is 4.90 Å². The molecule has 0 radical (unpaired) electrons. The largest absolute Gasteiger partial charge is 0.510 e. The van der Waals surface area contributed by atoms with Crippen molar-refractivity contribution in [3.8, 4) is 0 Å². The Kier molecular flexibility index (Phi) is 4.21. The maximum atomic E-state index is 11.9. The van der Waals surface area contributed by atoms with E-state index in [1.54, 1.807) is 20.8 Å². The highest BCUT2D eigenvalue weighted by Gasteiger charge is 2.33. The third kappa shape index (κ3) is 3.38. The second-order valence-electron chi connectivity index (χ2n) is 5.02. The first kappa shape index (κ1) is 14.3. The molecule has 0 unspecified atom stereocenters. The van der Waals surface area contributed by atoms with Crippen LogP contribution in [0, 0.1) is 0 Å². The van der Waals surface area contributed by atoms with Crippen LogP contribution < -0.4 is 0 Å². The summed E-state index contributed by atoms with van der Waals surface area (Å²) in [6, 6.07) is 0. The normalized spacial score (nSPS) is 16.6. The number of carbonyl (C=O) groups excluding carboxylic acids is 2. The summed E-state index contributed by atoms with van der Waals surface area (Å²) in [5.41, 5.74) is -0.788. The van der Waals surface area contributed by atoms with E-state index in [1.165, 1.54) is 7.11 Å². The molecule has 6 nitrogen and oxygen atoms in total. The summed E-state index contributed by atoms with van der Waals surface area (Å²) in [4.78, 5) is 24.6. The highest BCUT2D eigenvalue weighted by Crippen LogP contribution is 2.23. The van der Waals surface area contributed by atoms with Crippen LogP contribution in [0.1, 0.15) is 33.6 Å². The van der Waals surface area contributed by atoms with Gasteiger partial charge >= 0.3 is 12.1 Å². The van der Waals surface area contributed by atoms with Crippen molar-refractivity contribution in [3.63, 3.8) is 0 Å². The number of hydrogen-bond acceptors (Lipinski definition) is 5. The van der Waals surface area contributed by atoms with Gasteiger partial charge < -0.3 is 14.6 Å². The monoisotopic (exact) mass is 257 g/mol. The minimum absolute atomic E-state index is 0.127. The van der Waals surface area contributed by atoms with Gasteiger partial charge in [-0.05, 0) is 27.2 Å². The Hall–Kier alpha value is -1.72. The molecule has 0 saturated heterocycles. The molecule has 0 atom stereocenters. The molecular weight excluding hydrogens is 238 g/mol. The predicted molar refractivity (Wildman–Crippen MR) is 63.8 cm³/mol. The van der Waals surface area contributed by atoms with Crippen molar-refractivity contribution in [2.24, 2.45) is 0 Å². The van der Waals surface area contributed by atoms with E-state index in [9.17, 15) is 14.7 Å². The van der Waals surface area contributed by atoms with Gasteiger partial charge in [-0.1, -0.05) is 0 Å². The zero-order chi connectivity index (χ0) is 13.9. The number of aliphatic hydroxyl groups is 1. The Morgan fingerprint density at radius 3 is 2.44 bits per heavy atom. The molecule has 18 heavy (non-hydrogen) atoms. The Balaban J connectivity index is 2.96. The summed E-state index contributed by atoms with van der Waals surface area (Å²) in [5, 5.41) is 9.72. The minimum Gasteiger partial charge on any atom is -0.510 e. The van der Waals surface area contributed by atoms with E-state index in [-0.39, 0.29) is 11.5 Å². The number of methoxy groups -OCH3 is 1. The van der Waals surface area contributed by atoms with Crippen LogP contribution in [0.25, 0.3) is 0 Å². The molecule has 0 aromatic carbocycles. The van der Waals surface area contributed by atoms with Crippen LogP contribution in [0.4, 0.5) is 4.79 Å². The standard InChI is InChI=1S/C12H19NO5/c1-12(2,3)18-11(16)13-7-5-6-8(14)9(13)10(15)17-4/h14H,5-7H2,1-4H3. The van der Waals surface area contributed by atoms with Crippen LogP contribution in [0.5, 0.6) is 0 Å². The number of carbonyl (C=O) groups is 2. The van der Waals surface area contributed by atoms with Gasteiger partial charge in [0.1, 0.15) is 11.4 Å². The maximum absolute atomic E-state index is 11.9. The van der Waals surface area contributed by atoms with E-state index < -0.39 is 17.7 Å². The summed E-state index contributed by atoms with van der Waals surface area (Å²) < 4.78 is 9.75. The molecular formula is C12H19NO5. The van der Waals surface area contributed by atoms with E-state index in [4.69, 9.17) is 4.74 Å². The number of nitrogens with zero attached hydrogens (tertiary/aromatic N) is 1. The Morgan fingerprint density at radius 1 is 1.33 bits per heavy atom. The molecule has 0 fully saturated rings. The van der Waals surface area contributed by atoms with Crippen molar-refractivity contribution >= 4 is 12.1 Å². The van der Waals surface area contributed by atoms with Gasteiger partial charge in [-0.3, -0.25) is 4.90 Å². The average molecular weight is 257 g/mol. The Morgan fingerprint density at radius 2 is 1.94 bits per heavy atom. The van der Waals surface area contributed by atoms with Crippen LogP contribution in [0.2, 0.25) is 0 Å². The average Bonchev–Trinajstić information content (AvgIpc) is 2.25. The highest BCUT2D eigenvalue weighted by atomic mass is 16.6. The van der Waals surface area contributed by atoms with Crippen LogP contribution in [-0.4, -0.2) is 41.3 Å². The van der Waals surface area contributed by atoms with Crippen LogP contribution >= 0.6 is 0 Å². The number of hydrogen-bond donors (Lipinski definition) is 1. The summed E-state index contributed by atoms with van der Waals surface area (Å²) in [5.74, 6) is -0.878. The molecule has 0 bridgehead atoms. The molecule has 0 aliphatic carbocycles. The fourth-order valence-corrected chi connectivity index (χ4v) is 1.61. The van der Waals surface area contributed by atoms with Crippen molar-refractivity contribution in [2.45, 2.75) is 39.2 Å². The van der Waals surface area contributed by atoms with Crippen LogP contribution in [0.15, 0.2) is 11.5 Å². The lowest BCUT2D eigenvalue weighted by Gasteiger charge is -2.30. The van der Waals surface area contributed by atoms with E-state index in [1.807, 2.05) is 0 Å². The molecule has 1 aliphatic rings. The summed E-state index contributed by atoms with van der Waals surface area (Å²) >= 11 is 0. The van der Waals surface area contributed by atoms with Crippen molar-refractivity contribution < 1.29 is 24.2 Å². The third-order valence-corrected chi connectivity index (χ3v) is 2.33. The molecule has 0 spiro atoms. The smallest absolute Gasteiger partial charge is 0.415 e. The quantitative estimate of drug-likeness (QED) is 0.727. The summed E-state index contributed by atoms with van der Waals surface area (Å²) in [6.45, 7) is 5.52. The highest BCUT2D eigenvalue weighted by molar-refractivity contribution is 5.93. The van der Waals surface area contributed by atoms with Crippen LogP contribution in [0.3, 0.4) is 0 Å². The molecule has 0 saturated carbocycles. The van der Waals surface area contributed by atoms with Gasteiger partial charge in [0.05, 0.1) is 7.11 Å². The number of esters is 1. The lowest BCUT2D eigenvalue weighted by atomic mass is 10.1. The van der Waals surface area contributed by atoms with Gasteiger partial charge in [0.15, 0.2) is 5.70 Å². The summed E-state index contributed by atoms with van der Waals surface area (Å²) in [6.07, 6.45) is 0.268. The van der Waals surface area contributed by atoms with Crippen molar-refractivity contribution in [1.82, 2.24) is 4.90 Å².